The van der Waals surface area contributed by atoms with Gasteiger partial charge in [-0.05, 0) is 31.2 Å². The Morgan fingerprint density at radius 3 is 2.53 bits per heavy atom. The first-order chi connectivity index (χ1) is 15.7. The lowest BCUT2D eigenvalue weighted by molar-refractivity contribution is 0.0528. The number of para-hydroxylation sites is 1. The third-order valence-electron chi connectivity index (χ3n) is 5.73. The predicted molar refractivity (Wildman–Crippen MR) is 120 cm³/mol. The number of carbonyl (C=O) groups excluding carboxylic acids is 1. The van der Waals surface area contributed by atoms with E-state index in [9.17, 15) is 9.59 Å². The molecule has 1 aliphatic heterocycles. The molecule has 3 aromatic carbocycles. The number of ether oxygens (including phenoxy) is 3. The summed E-state index contributed by atoms with van der Waals surface area (Å²) in [5, 5.41) is 1.05. The molecule has 6 rings (SSSR count). The van der Waals surface area contributed by atoms with E-state index >= 15 is 0 Å². The van der Waals surface area contributed by atoms with Crippen molar-refractivity contribution in [2.45, 2.75) is 6.92 Å². The van der Waals surface area contributed by atoms with Crippen molar-refractivity contribution in [2.24, 2.45) is 0 Å². The largest absolute Gasteiger partial charge is 0.462 e. The minimum Gasteiger partial charge on any atom is -0.462 e. The predicted octanol–water partition coefficient (Wildman–Crippen LogP) is 4.28. The van der Waals surface area contributed by atoms with E-state index in [-0.39, 0.29) is 19.0 Å². The summed E-state index contributed by atoms with van der Waals surface area (Å²) in [6.07, 6.45) is 0. The van der Waals surface area contributed by atoms with Crippen molar-refractivity contribution in [1.82, 2.24) is 9.03 Å². The Morgan fingerprint density at radius 2 is 1.72 bits per heavy atom. The lowest BCUT2D eigenvalue weighted by atomic mass is 10.0. The maximum absolute atomic E-state index is 13.5. The topological polar surface area (TPSA) is 70.7 Å². The SMILES string of the molecule is CCOC(=O)c1c(-c2ccccc2)n2c3ccccc3c(=O)n2c2ccc3c(c12)OCO3. The molecule has 32 heavy (non-hydrogen) atoms. The highest BCUT2D eigenvalue weighted by molar-refractivity contribution is 6.12. The van der Waals surface area contributed by atoms with Gasteiger partial charge < -0.3 is 14.2 Å². The molecule has 0 unspecified atom stereocenters. The zero-order valence-corrected chi connectivity index (χ0v) is 17.2. The number of nitrogens with zero attached hydrogens (tertiary/aromatic N) is 2. The number of rotatable bonds is 3. The second-order valence-electron chi connectivity index (χ2n) is 7.45. The number of aromatic nitrogens is 2. The van der Waals surface area contributed by atoms with Gasteiger partial charge in [-0.3, -0.25) is 4.79 Å². The fourth-order valence-corrected chi connectivity index (χ4v) is 4.46. The molecule has 0 atom stereocenters. The van der Waals surface area contributed by atoms with Crippen LogP contribution in [0.15, 0.2) is 71.5 Å². The van der Waals surface area contributed by atoms with Crippen LogP contribution in [0.5, 0.6) is 11.5 Å². The van der Waals surface area contributed by atoms with E-state index < -0.39 is 5.97 Å². The van der Waals surface area contributed by atoms with Gasteiger partial charge in [0.15, 0.2) is 11.5 Å². The van der Waals surface area contributed by atoms with Crippen LogP contribution in [0, 0.1) is 0 Å². The lowest BCUT2D eigenvalue weighted by Gasteiger charge is -2.18. The van der Waals surface area contributed by atoms with Gasteiger partial charge in [-0.15, -0.1) is 0 Å². The highest BCUT2D eigenvalue weighted by atomic mass is 16.7. The van der Waals surface area contributed by atoms with E-state index in [0.29, 0.717) is 44.6 Å². The Bertz CT molecular complexity index is 1600. The van der Waals surface area contributed by atoms with Crippen molar-refractivity contribution in [3.05, 3.63) is 82.6 Å². The molecule has 0 spiro atoms. The van der Waals surface area contributed by atoms with Crippen LogP contribution < -0.4 is 15.0 Å². The van der Waals surface area contributed by atoms with Crippen molar-refractivity contribution in [3.8, 4) is 22.8 Å². The quantitative estimate of drug-likeness (QED) is 0.403. The Balaban J connectivity index is 1.96. The molecule has 0 radical (unpaired) electrons. The van der Waals surface area contributed by atoms with Crippen LogP contribution in [0.25, 0.3) is 33.1 Å². The van der Waals surface area contributed by atoms with Crippen LogP contribution in [-0.4, -0.2) is 28.4 Å². The van der Waals surface area contributed by atoms with E-state index in [1.807, 2.05) is 48.5 Å². The van der Waals surface area contributed by atoms with Crippen LogP contribution in [0.3, 0.4) is 0 Å². The molecule has 0 N–H and O–H groups in total. The summed E-state index contributed by atoms with van der Waals surface area (Å²) in [5.41, 5.74) is 2.71. The average Bonchev–Trinajstić information content (AvgIpc) is 3.42. The summed E-state index contributed by atoms with van der Waals surface area (Å²) in [5.74, 6) is 0.464. The van der Waals surface area contributed by atoms with E-state index in [0.717, 1.165) is 5.56 Å². The maximum atomic E-state index is 13.5. The van der Waals surface area contributed by atoms with Crippen molar-refractivity contribution < 1.29 is 19.0 Å². The molecule has 0 saturated heterocycles. The van der Waals surface area contributed by atoms with Gasteiger partial charge in [0.05, 0.1) is 39.7 Å². The van der Waals surface area contributed by atoms with Crippen molar-refractivity contribution in [3.63, 3.8) is 0 Å². The highest BCUT2D eigenvalue weighted by Gasteiger charge is 2.30. The van der Waals surface area contributed by atoms with Gasteiger partial charge in [0.1, 0.15) is 0 Å². The van der Waals surface area contributed by atoms with Crippen LogP contribution in [0.1, 0.15) is 17.3 Å². The van der Waals surface area contributed by atoms with Gasteiger partial charge in [0.2, 0.25) is 6.79 Å². The summed E-state index contributed by atoms with van der Waals surface area (Å²) in [6, 6.07) is 20.4. The number of hydrogen-bond acceptors (Lipinski definition) is 5. The maximum Gasteiger partial charge on any atom is 0.341 e. The molecular weight excluding hydrogens is 408 g/mol. The molecule has 2 aromatic heterocycles. The van der Waals surface area contributed by atoms with Gasteiger partial charge in [0, 0.05) is 5.56 Å². The highest BCUT2D eigenvalue weighted by Crippen LogP contribution is 2.43. The molecular formula is C25H18N2O5. The average molecular weight is 426 g/mol. The summed E-state index contributed by atoms with van der Waals surface area (Å²) in [4.78, 5) is 27.0. The summed E-state index contributed by atoms with van der Waals surface area (Å²) >= 11 is 0. The summed E-state index contributed by atoms with van der Waals surface area (Å²) < 4.78 is 20.2. The van der Waals surface area contributed by atoms with E-state index in [1.54, 1.807) is 34.2 Å². The molecule has 1 aliphatic rings. The van der Waals surface area contributed by atoms with E-state index in [1.165, 1.54) is 0 Å². The number of carbonyl (C=O) groups is 1. The monoisotopic (exact) mass is 426 g/mol. The van der Waals surface area contributed by atoms with Gasteiger partial charge >= 0.3 is 5.97 Å². The fraction of sp³-hybridized carbons (Fsp3) is 0.120. The molecule has 3 heterocycles. The van der Waals surface area contributed by atoms with Crippen LogP contribution in [0.4, 0.5) is 0 Å². The molecule has 0 fully saturated rings. The smallest absolute Gasteiger partial charge is 0.341 e. The first-order valence-electron chi connectivity index (χ1n) is 10.3. The molecule has 0 bridgehead atoms. The molecule has 5 aromatic rings. The third kappa shape index (κ3) is 2.42. The van der Waals surface area contributed by atoms with E-state index in [2.05, 4.69) is 0 Å². The normalized spacial score (nSPS) is 12.7. The van der Waals surface area contributed by atoms with Crippen molar-refractivity contribution in [1.29, 1.82) is 0 Å². The van der Waals surface area contributed by atoms with Crippen LogP contribution >= 0.6 is 0 Å². The molecule has 7 heteroatoms. The van der Waals surface area contributed by atoms with Gasteiger partial charge in [0.25, 0.3) is 5.56 Å². The molecule has 0 saturated carbocycles. The number of benzene rings is 3. The Kier molecular flexibility index (Phi) is 3.98. The second kappa shape index (κ2) is 6.88. The molecule has 0 aliphatic carbocycles. The zero-order chi connectivity index (χ0) is 21.8. The Labute approximate surface area is 182 Å². The Morgan fingerprint density at radius 1 is 0.938 bits per heavy atom. The standard InChI is InChI=1S/C25H18N2O5/c1-2-30-25(29)21-20-18(12-13-19-23(20)32-14-31-19)27-24(28)16-10-6-7-11-17(16)26(27)22(21)15-8-4-3-5-9-15/h3-13H,2,14H2,1H3. The first kappa shape index (κ1) is 18.5. The third-order valence-corrected chi connectivity index (χ3v) is 5.73. The minimum atomic E-state index is -0.493. The van der Waals surface area contributed by atoms with Crippen molar-refractivity contribution >= 4 is 27.8 Å². The molecule has 158 valence electrons. The fourth-order valence-electron chi connectivity index (χ4n) is 4.46. The second-order valence-corrected chi connectivity index (χ2v) is 7.45. The van der Waals surface area contributed by atoms with Gasteiger partial charge in [-0.2, -0.15) is 0 Å². The number of esters is 1. The van der Waals surface area contributed by atoms with Gasteiger partial charge in [-0.25, -0.2) is 13.8 Å². The summed E-state index contributed by atoms with van der Waals surface area (Å²) in [7, 11) is 0. The first-order valence-corrected chi connectivity index (χ1v) is 10.3. The molecule has 0 amide bonds. The minimum absolute atomic E-state index is 0.0421. The lowest BCUT2D eigenvalue weighted by Crippen LogP contribution is -2.19. The number of hydrogen-bond donors (Lipinski definition) is 0. The van der Waals surface area contributed by atoms with E-state index in [4.69, 9.17) is 14.2 Å². The van der Waals surface area contributed by atoms with Gasteiger partial charge in [-0.1, -0.05) is 42.5 Å². The molecule has 7 nitrogen and oxygen atoms in total. The number of fused-ring (bicyclic) bond motifs is 7. The zero-order valence-electron chi connectivity index (χ0n) is 17.2. The van der Waals surface area contributed by atoms with Crippen molar-refractivity contribution in [2.75, 3.05) is 13.4 Å². The van der Waals surface area contributed by atoms with Crippen LogP contribution in [-0.2, 0) is 4.74 Å². The van der Waals surface area contributed by atoms with Crippen LogP contribution in [0.2, 0.25) is 0 Å². The Hall–Kier alpha value is -4.26. The summed E-state index contributed by atoms with van der Waals surface area (Å²) in [6.45, 7) is 2.02.